The van der Waals surface area contributed by atoms with Crippen molar-refractivity contribution < 1.29 is 51.4 Å². The SMILES string of the molecule is C[C@@H](O)[C@H]1C(=O)N2C(C(=O)OCc3oc(=O)oc3C(C)(C)C)=C(S[C@@H]3CN[C@H](C(=O)Nc4cccc(C(=O)OCc5oc(=O)oc5C(C)(C)C)c4)C3)[C@H](C)[C@H]12. The Labute approximate surface area is 319 Å². The van der Waals surface area contributed by atoms with Gasteiger partial charge in [-0.3, -0.25) is 9.59 Å². The fraction of sp³-hybridized carbons (Fsp3) is 0.526. The minimum atomic E-state index is -0.936. The molecule has 6 rings (SSSR count). The van der Waals surface area contributed by atoms with Crippen LogP contribution in [-0.2, 0) is 47.9 Å². The van der Waals surface area contributed by atoms with E-state index in [4.69, 9.17) is 27.1 Å². The van der Waals surface area contributed by atoms with Crippen molar-refractivity contribution in [3.8, 4) is 0 Å². The van der Waals surface area contributed by atoms with E-state index in [-0.39, 0.29) is 58.0 Å². The molecule has 2 aromatic heterocycles. The van der Waals surface area contributed by atoms with E-state index in [1.54, 1.807) is 12.1 Å². The quantitative estimate of drug-likeness (QED) is 0.185. The van der Waals surface area contributed by atoms with Gasteiger partial charge < -0.3 is 47.8 Å². The summed E-state index contributed by atoms with van der Waals surface area (Å²) in [5.41, 5.74) is -0.578. The van der Waals surface area contributed by atoms with Crippen LogP contribution in [0.5, 0.6) is 0 Å². The van der Waals surface area contributed by atoms with E-state index in [1.165, 1.54) is 35.7 Å². The first-order valence-corrected chi connectivity index (χ1v) is 18.8. The van der Waals surface area contributed by atoms with E-state index in [1.807, 2.05) is 48.5 Å². The number of rotatable bonds is 11. The van der Waals surface area contributed by atoms with Crippen molar-refractivity contribution in [1.82, 2.24) is 10.2 Å². The van der Waals surface area contributed by atoms with Crippen molar-refractivity contribution in [3.63, 3.8) is 0 Å². The molecule has 2 amide bonds. The van der Waals surface area contributed by atoms with Crippen LogP contribution in [0.25, 0.3) is 0 Å². The van der Waals surface area contributed by atoms with Crippen molar-refractivity contribution >= 4 is 41.2 Å². The zero-order valence-electron chi connectivity index (χ0n) is 31.8. The van der Waals surface area contributed by atoms with Crippen LogP contribution in [-0.4, -0.2) is 63.7 Å². The number of carbonyl (C=O) groups is 4. The number of carbonyl (C=O) groups excluding carboxylic acids is 4. The third kappa shape index (κ3) is 8.09. The van der Waals surface area contributed by atoms with Crippen molar-refractivity contribution in [2.75, 3.05) is 11.9 Å². The van der Waals surface area contributed by atoms with Crippen LogP contribution >= 0.6 is 11.8 Å². The number of ether oxygens (including phenoxy) is 2. The lowest BCUT2D eigenvalue weighted by Crippen LogP contribution is -2.63. The average Bonchev–Trinajstić information content (AvgIpc) is 3.87. The van der Waals surface area contributed by atoms with Crippen LogP contribution in [0.4, 0.5) is 5.69 Å². The highest BCUT2D eigenvalue weighted by atomic mass is 32.2. The number of fused-ring (bicyclic) bond motifs is 1. The topological polar surface area (TPSA) is 221 Å². The van der Waals surface area contributed by atoms with Crippen LogP contribution in [0.1, 0.15) is 95.2 Å². The largest absolute Gasteiger partial charge is 0.519 e. The highest BCUT2D eigenvalue weighted by molar-refractivity contribution is 8.03. The second-order valence-corrected chi connectivity index (χ2v) is 17.4. The number of amides is 2. The maximum Gasteiger partial charge on any atom is 0.519 e. The maximum atomic E-state index is 13.7. The van der Waals surface area contributed by atoms with Crippen molar-refractivity contribution in [3.05, 3.63) is 84.7 Å². The smallest absolute Gasteiger partial charge is 0.454 e. The van der Waals surface area contributed by atoms with E-state index in [9.17, 15) is 33.9 Å². The molecule has 6 atom stereocenters. The molecule has 2 fully saturated rings. The Morgan fingerprint density at radius 2 is 1.53 bits per heavy atom. The number of benzene rings is 1. The Bertz CT molecular complexity index is 2140. The van der Waals surface area contributed by atoms with Gasteiger partial charge in [-0.15, -0.1) is 11.8 Å². The third-order valence-electron chi connectivity index (χ3n) is 9.69. The molecule has 55 heavy (non-hydrogen) atoms. The minimum absolute atomic E-state index is 0.0636. The molecular weight excluding hydrogens is 738 g/mol. The van der Waals surface area contributed by atoms with E-state index >= 15 is 0 Å². The molecule has 16 nitrogen and oxygen atoms in total. The first-order chi connectivity index (χ1) is 25.7. The lowest BCUT2D eigenvalue weighted by molar-refractivity contribution is -0.164. The van der Waals surface area contributed by atoms with Crippen molar-refractivity contribution in [2.45, 2.75) is 109 Å². The molecule has 0 spiro atoms. The number of hydrogen-bond acceptors (Lipinski definition) is 15. The van der Waals surface area contributed by atoms with E-state index in [0.717, 1.165) is 0 Å². The molecule has 0 radical (unpaired) electrons. The monoisotopic (exact) mass is 783 g/mol. The lowest BCUT2D eigenvalue weighted by atomic mass is 9.79. The van der Waals surface area contributed by atoms with Crippen LogP contribution in [0.15, 0.2) is 62.1 Å². The maximum absolute atomic E-state index is 13.7. The molecule has 0 saturated carbocycles. The normalized spacial score (nSPS) is 23.0. The Hall–Kier alpha value is -4.87. The predicted octanol–water partition coefficient (Wildman–Crippen LogP) is 3.95. The summed E-state index contributed by atoms with van der Waals surface area (Å²) < 4.78 is 31.6. The van der Waals surface area contributed by atoms with Gasteiger partial charge in [0.2, 0.25) is 11.8 Å². The van der Waals surface area contributed by atoms with Gasteiger partial charge in [0.15, 0.2) is 36.3 Å². The molecule has 1 aromatic carbocycles. The summed E-state index contributed by atoms with van der Waals surface area (Å²) in [6.45, 7) is 14.0. The third-order valence-corrected chi connectivity index (χ3v) is 11.2. The van der Waals surface area contributed by atoms with Gasteiger partial charge in [0.1, 0.15) is 5.70 Å². The molecule has 3 aliphatic rings. The molecule has 5 heterocycles. The fourth-order valence-electron chi connectivity index (χ4n) is 7.16. The number of anilines is 1. The molecule has 2 saturated heterocycles. The summed E-state index contributed by atoms with van der Waals surface area (Å²) in [4.78, 5) is 78.8. The molecule has 0 unspecified atom stereocenters. The van der Waals surface area contributed by atoms with Crippen LogP contribution in [0, 0.1) is 11.8 Å². The zero-order valence-corrected chi connectivity index (χ0v) is 32.6. The van der Waals surface area contributed by atoms with Gasteiger partial charge in [-0.05, 0) is 31.5 Å². The van der Waals surface area contributed by atoms with Gasteiger partial charge in [-0.2, -0.15) is 0 Å². The van der Waals surface area contributed by atoms with Crippen LogP contribution in [0.2, 0.25) is 0 Å². The molecule has 3 N–H and O–H groups in total. The number of aliphatic hydroxyl groups excluding tert-OH is 1. The van der Waals surface area contributed by atoms with E-state index in [2.05, 4.69) is 10.6 Å². The predicted molar refractivity (Wildman–Crippen MR) is 196 cm³/mol. The summed E-state index contributed by atoms with van der Waals surface area (Å²) in [5.74, 6) is -4.37. The van der Waals surface area contributed by atoms with Gasteiger partial charge in [-0.1, -0.05) is 54.5 Å². The molecule has 0 aliphatic carbocycles. The number of esters is 2. The number of aliphatic hydroxyl groups is 1. The highest BCUT2D eigenvalue weighted by Crippen LogP contribution is 2.52. The molecule has 3 aromatic rings. The number of β-lactam (4-membered cyclic amide) rings is 1. The Balaban J connectivity index is 1.11. The number of nitrogens with zero attached hydrogens (tertiary/aromatic N) is 1. The fourth-order valence-corrected chi connectivity index (χ4v) is 8.63. The van der Waals surface area contributed by atoms with Gasteiger partial charge in [-0.25, -0.2) is 19.2 Å². The van der Waals surface area contributed by atoms with Crippen molar-refractivity contribution in [1.29, 1.82) is 0 Å². The standard InChI is InChI=1S/C38H45N3O13S/c1-17-26-25(18(2)42)32(44)41(26)27(34(46)50-16-24-30(38(6,7)8)54-36(48)52-24)28(17)55-21-13-22(39-14-21)31(43)40-20-11-9-10-19(12-20)33(45)49-15-23-29(37(3,4)5)53-35(47)51-23/h9-12,17-18,21-22,25-26,39,42H,13-16H2,1-8H3,(H,40,43)/t17-,18-,21+,22+,25-,26-/m1/s1. The Morgan fingerprint density at radius 3 is 2.09 bits per heavy atom. The summed E-state index contributed by atoms with van der Waals surface area (Å²) in [6.07, 6.45) is -0.564. The average molecular weight is 784 g/mol. The lowest BCUT2D eigenvalue weighted by Gasteiger charge is -2.46. The van der Waals surface area contributed by atoms with Crippen LogP contribution < -0.4 is 22.3 Å². The first-order valence-electron chi connectivity index (χ1n) is 17.9. The Kier molecular flexibility index (Phi) is 10.9. The first kappa shape index (κ1) is 39.8. The van der Waals surface area contributed by atoms with Crippen molar-refractivity contribution in [2.24, 2.45) is 11.8 Å². The highest BCUT2D eigenvalue weighted by Gasteiger charge is 2.60. The van der Waals surface area contributed by atoms with E-state index in [0.29, 0.717) is 23.6 Å². The van der Waals surface area contributed by atoms with Gasteiger partial charge >= 0.3 is 23.6 Å². The van der Waals surface area contributed by atoms with Gasteiger partial charge in [0.25, 0.3) is 0 Å². The number of thioether (sulfide) groups is 1. The summed E-state index contributed by atoms with van der Waals surface area (Å²) >= 11 is 1.37. The molecular formula is C38H45N3O13S. The second-order valence-electron chi connectivity index (χ2n) is 16.0. The molecule has 0 bridgehead atoms. The molecule has 17 heteroatoms. The molecule has 296 valence electrons. The summed E-state index contributed by atoms with van der Waals surface area (Å²) in [7, 11) is 0. The summed E-state index contributed by atoms with van der Waals surface area (Å²) in [6, 6.07) is 5.14. The number of hydrogen-bond donors (Lipinski definition) is 3. The molecule has 3 aliphatic heterocycles. The van der Waals surface area contributed by atoms with Gasteiger partial charge in [0, 0.05) is 39.1 Å². The minimum Gasteiger partial charge on any atom is -0.454 e. The number of nitrogens with one attached hydrogen (secondary N) is 2. The summed E-state index contributed by atoms with van der Waals surface area (Å²) in [5, 5.41) is 16.3. The van der Waals surface area contributed by atoms with Gasteiger partial charge in [0.05, 0.1) is 29.7 Å². The zero-order chi connectivity index (χ0) is 40.1. The second kappa shape index (κ2) is 15.0. The Morgan fingerprint density at radius 1 is 0.945 bits per heavy atom. The van der Waals surface area contributed by atoms with Crippen LogP contribution in [0.3, 0.4) is 0 Å². The van der Waals surface area contributed by atoms with E-state index < -0.39 is 71.0 Å².